The van der Waals surface area contributed by atoms with Crippen molar-refractivity contribution in [2.24, 2.45) is 23.7 Å². The van der Waals surface area contributed by atoms with E-state index < -0.39 is 0 Å². The molecule has 2 aliphatic rings. The average molecular weight is 245 g/mol. The zero-order valence-electron chi connectivity index (χ0n) is 11.8. The van der Waals surface area contributed by atoms with Crippen molar-refractivity contribution in [3.05, 3.63) is 12.2 Å². The summed E-state index contributed by atoms with van der Waals surface area (Å²) in [7, 11) is 0. The lowest BCUT2D eigenvalue weighted by molar-refractivity contribution is 0.154. The largest absolute Gasteiger partial charge is 0.193 e. The van der Waals surface area contributed by atoms with Crippen molar-refractivity contribution in [3.8, 4) is 6.07 Å². The Bertz CT molecular complexity index is 296. The SMILES string of the molecule is CCC1CCC(C2CCC(/C=C/C#N)CC2)CC1. The van der Waals surface area contributed by atoms with Crippen LogP contribution in [0, 0.1) is 35.0 Å². The molecule has 0 aliphatic heterocycles. The first-order valence-electron chi connectivity index (χ1n) is 7.89. The summed E-state index contributed by atoms with van der Waals surface area (Å²) in [6.07, 6.45) is 16.6. The molecular formula is C17H27N. The van der Waals surface area contributed by atoms with E-state index in [4.69, 9.17) is 5.26 Å². The van der Waals surface area contributed by atoms with Gasteiger partial charge in [-0.1, -0.05) is 32.3 Å². The lowest BCUT2D eigenvalue weighted by atomic mass is 9.69. The Morgan fingerprint density at radius 2 is 1.50 bits per heavy atom. The van der Waals surface area contributed by atoms with E-state index in [0.717, 1.165) is 17.8 Å². The number of allylic oxidation sites excluding steroid dienone is 2. The predicted octanol–water partition coefficient (Wildman–Crippen LogP) is 5.09. The van der Waals surface area contributed by atoms with Gasteiger partial charge in [-0.25, -0.2) is 0 Å². The Balaban J connectivity index is 1.73. The van der Waals surface area contributed by atoms with Crippen LogP contribution in [0.5, 0.6) is 0 Å². The maximum absolute atomic E-state index is 8.56. The van der Waals surface area contributed by atoms with Gasteiger partial charge in [0.25, 0.3) is 0 Å². The molecule has 100 valence electrons. The van der Waals surface area contributed by atoms with Gasteiger partial charge in [0.15, 0.2) is 0 Å². The number of nitrogens with zero attached hydrogens (tertiary/aromatic N) is 1. The van der Waals surface area contributed by atoms with Crippen molar-refractivity contribution >= 4 is 0 Å². The summed E-state index contributed by atoms with van der Waals surface area (Å²) in [6, 6.07) is 2.12. The molecule has 1 heteroatoms. The molecule has 0 atom stereocenters. The standard InChI is InChI=1S/C17H27N/c1-2-14-5-9-16(10-6-14)17-11-7-15(8-12-17)4-3-13-18/h3-4,14-17H,2,5-12H2,1H3/b4-3+. The Morgan fingerprint density at radius 3 is 2.00 bits per heavy atom. The lowest BCUT2D eigenvalue weighted by Crippen LogP contribution is -2.25. The van der Waals surface area contributed by atoms with Crippen LogP contribution >= 0.6 is 0 Å². The van der Waals surface area contributed by atoms with Crippen LogP contribution < -0.4 is 0 Å². The third kappa shape index (κ3) is 3.61. The van der Waals surface area contributed by atoms with Gasteiger partial charge in [0.05, 0.1) is 6.07 Å². The molecule has 0 heterocycles. The second-order valence-electron chi connectivity index (χ2n) is 6.35. The first-order chi connectivity index (χ1) is 8.83. The highest BCUT2D eigenvalue weighted by molar-refractivity contribution is 5.04. The predicted molar refractivity (Wildman–Crippen MR) is 75.9 cm³/mol. The third-order valence-electron chi connectivity index (χ3n) is 5.39. The minimum Gasteiger partial charge on any atom is -0.193 e. The normalized spacial score (nSPS) is 37.6. The van der Waals surface area contributed by atoms with Crippen LogP contribution in [0.1, 0.15) is 64.7 Å². The Kier molecular flexibility index (Phi) is 5.29. The van der Waals surface area contributed by atoms with E-state index in [9.17, 15) is 0 Å². The van der Waals surface area contributed by atoms with Crippen molar-refractivity contribution in [2.75, 3.05) is 0 Å². The van der Waals surface area contributed by atoms with E-state index in [2.05, 4.69) is 19.1 Å². The average Bonchev–Trinajstić information content (AvgIpc) is 2.46. The van der Waals surface area contributed by atoms with Crippen LogP contribution in [0.2, 0.25) is 0 Å². The summed E-state index contributed by atoms with van der Waals surface area (Å²) < 4.78 is 0. The van der Waals surface area contributed by atoms with Crippen molar-refractivity contribution in [2.45, 2.75) is 64.7 Å². The lowest BCUT2D eigenvalue weighted by Gasteiger charge is -2.37. The number of rotatable bonds is 3. The summed E-state index contributed by atoms with van der Waals surface area (Å²) >= 11 is 0. The minimum absolute atomic E-state index is 0.688. The summed E-state index contributed by atoms with van der Waals surface area (Å²) in [5.74, 6) is 3.73. The van der Waals surface area contributed by atoms with Gasteiger partial charge in [-0.2, -0.15) is 5.26 Å². The van der Waals surface area contributed by atoms with Crippen LogP contribution in [0.4, 0.5) is 0 Å². The number of nitriles is 1. The van der Waals surface area contributed by atoms with Crippen LogP contribution in [0.15, 0.2) is 12.2 Å². The molecule has 2 fully saturated rings. The van der Waals surface area contributed by atoms with Crippen LogP contribution in [-0.2, 0) is 0 Å². The molecule has 0 aromatic carbocycles. The van der Waals surface area contributed by atoms with E-state index in [1.807, 2.05) is 0 Å². The molecule has 0 aromatic heterocycles. The van der Waals surface area contributed by atoms with Gasteiger partial charge in [0.2, 0.25) is 0 Å². The molecule has 0 spiro atoms. The third-order valence-corrected chi connectivity index (χ3v) is 5.39. The zero-order valence-corrected chi connectivity index (χ0v) is 11.8. The number of hydrogen-bond donors (Lipinski definition) is 0. The molecule has 0 radical (unpaired) electrons. The van der Waals surface area contributed by atoms with E-state index in [1.54, 1.807) is 6.08 Å². The van der Waals surface area contributed by atoms with Crippen molar-refractivity contribution in [1.82, 2.24) is 0 Å². The van der Waals surface area contributed by atoms with Crippen LogP contribution in [0.25, 0.3) is 0 Å². The Morgan fingerprint density at radius 1 is 0.944 bits per heavy atom. The van der Waals surface area contributed by atoms with Gasteiger partial charge >= 0.3 is 0 Å². The summed E-state index contributed by atoms with van der Waals surface area (Å²) in [6.45, 7) is 2.34. The van der Waals surface area contributed by atoms with E-state index in [1.165, 1.54) is 57.8 Å². The maximum Gasteiger partial charge on any atom is 0.0908 e. The molecule has 0 aromatic rings. The zero-order chi connectivity index (χ0) is 12.8. The number of hydrogen-bond acceptors (Lipinski definition) is 1. The topological polar surface area (TPSA) is 23.8 Å². The molecule has 0 bridgehead atoms. The van der Waals surface area contributed by atoms with Gasteiger partial charge in [0.1, 0.15) is 0 Å². The molecule has 0 unspecified atom stereocenters. The van der Waals surface area contributed by atoms with Crippen molar-refractivity contribution < 1.29 is 0 Å². The molecule has 2 rings (SSSR count). The molecule has 1 nitrogen and oxygen atoms in total. The first kappa shape index (κ1) is 13.7. The van der Waals surface area contributed by atoms with Gasteiger partial charge in [-0.15, -0.1) is 0 Å². The monoisotopic (exact) mass is 245 g/mol. The summed E-state index contributed by atoms with van der Waals surface area (Å²) in [5.41, 5.74) is 0. The fourth-order valence-electron chi connectivity index (χ4n) is 4.06. The smallest absolute Gasteiger partial charge is 0.0908 e. The fraction of sp³-hybridized carbons (Fsp3) is 0.824. The van der Waals surface area contributed by atoms with Crippen LogP contribution in [-0.4, -0.2) is 0 Å². The van der Waals surface area contributed by atoms with Gasteiger partial charge < -0.3 is 0 Å². The molecule has 18 heavy (non-hydrogen) atoms. The highest BCUT2D eigenvalue weighted by Crippen LogP contribution is 2.42. The second-order valence-corrected chi connectivity index (χ2v) is 6.35. The molecule has 2 saturated carbocycles. The Hall–Kier alpha value is -0.770. The molecule has 0 amide bonds. The molecule has 0 saturated heterocycles. The van der Waals surface area contributed by atoms with Crippen molar-refractivity contribution in [3.63, 3.8) is 0 Å². The van der Waals surface area contributed by atoms with Gasteiger partial charge in [-0.3, -0.25) is 0 Å². The fourth-order valence-corrected chi connectivity index (χ4v) is 4.06. The maximum atomic E-state index is 8.56. The molecule has 0 N–H and O–H groups in total. The molecular weight excluding hydrogens is 218 g/mol. The quantitative estimate of drug-likeness (QED) is 0.635. The van der Waals surface area contributed by atoms with E-state index in [0.29, 0.717) is 5.92 Å². The Labute approximate surface area is 112 Å². The highest BCUT2D eigenvalue weighted by atomic mass is 14.3. The summed E-state index contributed by atoms with van der Waals surface area (Å²) in [4.78, 5) is 0. The van der Waals surface area contributed by atoms with Crippen LogP contribution in [0.3, 0.4) is 0 Å². The highest BCUT2D eigenvalue weighted by Gasteiger charge is 2.29. The van der Waals surface area contributed by atoms with Crippen molar-refractivity contribution in [1.29, 1.82) is 5.26 Å². The minimum atomic E-state index is 0.688. The van der Waals surface area contributed by atoms with Gasteiger partial charge in [0, 0.05) is 6.08 Å². The van der Waals surface area contributed by atoms with E-state index >= 15 is 0 Å². The van der Waals surface area contributed by atoms with E-state index in [-0.39, 0.29) is 0 Å². The second kappa shape index (κ2) is 6.98. The first-order valence-corrected chi connectivity index (χ1v) is 7.89. The summed E-state index contributed by atoms with van der Waals surface area (Å²) in [5, 5.41) is 8.56. The molecule has 2 aliphatic carbocycles. The van der Waals surface area contributed by atoms with Gasteiger partial charge in [-0.05, 0) is 62.2 Å².